The Morgan fingerprint density at radius 2 is 2.24 bits per heavy atom. The van der Waals surface area contributed by atoms with E-state index < -0.39 is 0 Å². The Morgan fingerprint density at radius 1 is 1.47 bits per heavy atom. The number of rotatable bonds is 3. The van der Waals surface area contributed by atoms with Gasteiger partial charge in [0.1, 0.15) is 0 Å². The third-order valence-corrected chi connectivity index (χ3v) is 2.66. The standard InChI is InChI=1S/C11H12BrN3O2/c1-7-3-10(15(2)14-7)17-11-8(6-16)4-9(12)5-13-11/h3-5,16H,6H2,1-2H3. The van der Waals surface area contributed by atoms with Gasteiger partial charge in [-0.15, -0.1) is 0 Å². The molecular formula is C11H12BrN3O2. The number of hydrogen-bond donors (Lipinski definition) is 1. The molecule has 17 heavy (non-hydrogen) atoms. The largest absolute Gasteiger partial charge is 0.421 e. The van der Waals surface area contributed by atoms with Crippen molar-refractivity contribution in [2.24, 2.45) is 7.05 Å². The van der Waals surface area contributed by atoms with Gasteiger partial charge in [-0.25, -0.2) is 9.67 Å². The molecule has 0 atom stereocenters. The summed E-state index contributed by atoms with van der Waals surface area (Å²) >= 11 is 3.29. The van der Waals surface area contributed by atoms with E-state index in [1.54, 1.807) is 24.0 Å². The molecule has 0 fully saturated rings. The van der Waals surface area contributed by atoms with Crippen LogP contribution in [0, 0.1) is 6.92 Å². The molecule has 0 bridgehead atoms. The summed E-state index contributed by atoms with van der Waals surface area (Å²) in [4.78, 5) is 4.12. The van der Waals surface area contributed by atoms with Crippen molar-refractivity contribution < 1.29 is 9.84 Å². The lowest BCUT2D eigenvalue weighted by Crippen LogP contribution is -1.99. The summed E-state index contributed by atoms with van der Waals surface area (Å²) in [5.41, 5.74) is 1.49. The average Bonchev–Trinajstić information content (AvgIpc) is 2.60. The van der Waals surface area contributed by atoms with Crippen LogP contribution in [0.5, 0.6) is 11.8 Å². The molecule has 2 rings (SSSR count). The Kier molecular flexibility index (Phi) is 3.44. The van der Waals surface area contributed by atoms with E-state index >= 15 is 0 Å². The SMILES string of the molecule is Cc1cc(Oc2ncc(Br)cc2CO)n(C)n1. The van der Waals surface area contributed by atoms with Gasteiger partial charge in [-0.3, -0.25) is 0 Å². The van der Waals surface area contributed by atoms with Crippen LogP contribution < -0.4 is 4.74 Å². The van der Waals surface area contributed by atoms with E-state index in [4.69, 9.17) is 4.74 Å². The van der Waals surface area contributed by atoms with Gasteiger partial charge in [-0.05, 0) is 28.9 Å². The lowest BCUT2D eigenvalue weighted by Gasteiger charge is -2.08. The van der Waals surface area contributed by atoms with Crippen LogP contribution in [0.25, 0.3) is 0 Å². The van der Waals surface area contributed by atoms with Crippen molar-refractivity contribution in [2.45, 2.75) is 13.5 Å². The summed E-state index contributed by atoms with van der Waals surface area (Å²) in [6.07, 6.45) is 1.62. The zero-order chi connectivity index (χ0) is 12.4. The lowest BCUT2D eigenvalue weighted by atomic mass is 10.3. The molecule has 2 heterocycles. The van der Waals surface area contributed by atoms with Gasteiger partial charge in [0.15, 0.2) is 0 Å². The molecule has 1 N–H and O–H groups in total. The molecule has 0 saturated carbocycles. The van der Waals surface area contributed by atoms with E-state index in [9.17, 15) is 5.11 Å². The van der Waals surface area contributed by atoms with Gasteiger partial charge in [0.25, 0.3) is 0 Å². The van der Waals surface area contributed by atoms with Crippen LogP contribution in [0.15, 0.2) is 22.8 Å². The molecule has 6 heteroatoms. The van der Waals surface area contributed by atoms with Gasteiger partial charge in [0, 0.05) is 29.3 Å². The highest BCUT2D eigenvalue weighted by molar-refractivity contribution is 9.10. The summed E-state index contributed by atoms with van der Waals surface area (Å²) < 4.78 is 8.04. The van der Waals surface area contributed by atoms with Crippen LogP contribution in [0.4, 0.5) is 0 Å². The second-order valence-corrected chi connectivity index (χ2v) is 4.54. The maximum atomic E-state index is 9.23. The lowest BCUT2D eigenvalue weighted by molar-refractivity contribution is 0.273. The molecule has 0 aliphatic rings. The molecule has 0 unspecified atom stereocenters. The number of aliphatic hydroxyl groups excluding tert-OH is 1. The maximum Gasteiger partial charge on any atom is 0.226 e. The van der Waals surface area contributed by atoms with Gasteiger partial charge < -0.3 is 9.84 Å². The fourth-order valence-electron chi connectivity index (χ4n) is 1.46. The van der Waals surface area contributed by atoms with E-state index in [0.29, 0.717) is 17.3 Å². The Morgan fingerprint density at radius 3 is 2.82 bits per heavy atom. The molecule has 0 aliphatic carbocycles. The second-order valence-electron chi connectivity index (χ2n) is 3.63. The van der Waals surface area contributed by atoms with Crippen molar-refractivity contribution in [1.82, 2.24) is 14.8 Å². The Bertz CT molecular complexity index is 540. The number of hydrogen-bond acceptors (Lipinski definition) is 4. The highest BCUT2D eigenvalue weighted by atomic mass is 79.9. The predicted octanol–water partition coefficient (Wildman–Crippen LogP) is 2.17. The highest BCUT2D eigenvalue weighted by Gasteiger charge is 2.10. The first-order valence-electron chi connectivity index (χ1n) is 5.04. The smallest absolute Gasteiger partial charge is 0.226 e. The van der Waals surface area contributed by atoms with E-state index in [0.717, 1.165) is 10.2 Å². The topological polar surface area (TPSA) is 60.2 Å². The van der Waals surface area contributed by atoms with Crippen LogP contribution in [-0.4, -0.2) is 19.9 Å². The van der Waals surface area contributed by atoms with Crippen LogP contribution in [0.1, 0.15) is 11.3 Å². The fraction of sp³-hybridized carbons (Fsp3) is 0.273. The molecule has 0 aliphatic heterocycles. The third kappa shape index (κ3) is 2.65. The molecule has 2 aromatic heterocycles. The Balaban J connectivity index is 2.32. The summed E-state index contributed by atoms with van der Waals surface area (Å²) in [5, 5.41) is 13.4. The fourth-order valence-corrected chi connectivity index (χ4v) is 1.83. The monoisotopic (exact) mass is 297 g/mol. The second kappa shape index (κ2) is 4.85. The summed E-state index contributed by atoms with van der Waals surface area (Å²) in [6, 6.07) is 3.58. The third-order valence-electron chi connectivity index (χ3n) is 2.22. The summed E-state index contributed by atoms with van der Waals surface area (Å²) in [7, 11) is 1.79. The molecule has 0 aromatic carbocycles. The molecule has 0 spiro atoms. The number of nitrogens with zero attached hydrogens (tertiary/aromatic N) is 3. The molecule has 5 nitrogen and oxygen atoms in total. The first-order chi connectivity index (χ1) is 8.10. The number of aliphatic hydroxyl groups is 1. The number of ether oxygens (including phenoxy) is 1. The van der Waals surface area contributed by atoms with E-state index in [2.05, 4.69) is 26.0 Å². The van der Waals surface area contributed by atoms with E-state index in [-0.39, 0.29) is 6.61 Å². The number of halogens is 1. The molecule has 90 valence electrons. The van der Waals surface area contributed by atoms with E-state index in [1.165, 1.54) is 0 Å². The molecule has 0 amide bonds. The van der Waals surface area contributed by atoms with Crippen molar-refractivity contribution in [3.8, 4) is 11.8 Å². The number of aromatic nitrogens is 3. The van der Waals surface area contributed by atoms with Crippen molar-refractivity contribution in [3.05, 3.63) is 34.1 Å². The van der Waals surface area contributed by atoms with Crippen LogP contribution in [0.2, 0.25) is 0 Å². The van der Waals surface area contributed by atoms with Gasteiger partial charge in [0.2, 0.25) is 11.8 Å². The van der Waals surface area contributed by atoms with Gasteiger partial charge in [-0.1, -0.05) is 0 Å². The Labute approximate surface area is 107 Å². The maximum absolute atomic E-state index is 9.23. The van der Waals surface area contributed by atoms with Crippen molar-refractivity contribution in [3.63, 3.8) is 0 Å². The van der Waals surface area contributed by atoms with Crippen LogP contribution in [-0.2, 0) is 13.7 Å². The minimum atomic E-state index is -0.126. The van der Waals surface area contributed by atoms with Gasteiger partial charge in [-0.2, -0.15) is 5.10 Å². The molecular weight excluding hydrogens is 286 g/mol. The summed E-state index contributed by atoms with van der Waals surface area (Å²) in [5.74, 6) is 0.978. The van der Waals surface area contributed by atoms with Crippen LogP contribution in [0.3, 0.4) is 0 Å². The highest BCUT2D eigenvalue weighted by Crippen LogP contribution is 2.25. The number of aryl methyl sites for hydroxylation is 2. The molecule has 2 aromatic rings. The van der Waals surface area contributed by atoms with Crippen LogP contribution >= 0.6 is 15.9 Å². The normalized spacial score (nSPS) is 10.6. The van der Waals surface area contributed by atoms with Crippen molar-refractivity contribution in [2.75, 3.05) is 0 Å². The summed E-state index contributed by atoms with van der Waals surface area (Å²) in [6.45, 7) is 1.76. The number of pyridine rings is 1. The van der Waals surface area contributed by atoms with Gasteiger partial charge >= 0.3 is 0 Å². The minimum Gasteiger partial charge on any atom is -0.421 e. The quantitative estimate of drug-likeness (QED) is 0.943. The van der Waals surface area contributed by atoms with E-state index in [1.807, 2.05) is 13.0 Å². The zero-order valence-corrected chi connectivity index (χ0v) is 11.1. The van der Waals surface area contributed by atoms with Crippen molar-refractivity contribution in [1.29, 1.82) is 0 Å². The predicted molar refractivity (Wildman–Crippen MR) is 65.9 cm³/mol. The van der Waals surface area contributed by atoms with Crippen molar-refractivity contribution >= 4 is 15.9 Å². The minimum absolute atomic E-state index is 0.126. The average molecular weight is 298 g/mol. The first-order valence-corrected chi connectivity index (χ1v) is 5.83. The zero-order valence-electron chi connectivity index (χ0n) is 9.51. The first kappa shape index (κ1) is 12.1. The molecule has 0 radical (unpaired) electrons. The van der Waals surface area contributed by atoms with Gasteiger partial charge in [0.05, 0.1) is 12.3 Å². The Hall–Kier alpha value is -1.40. The molecule has 0 saturated heterocycles.